The molecule has 16 heavy (non-hydrogen) atoms. The lowest BCUT2D eigenvalue weighted by atomic mass is 10.1. The molecule has 1 aromatic rings. The minimum atomic E-state index is -0.914. The van der Waals surface area contributed by atoms with Crippen molar-refractivity contribution >= 4 is 29.0 Å². The second-order valence-electron chi connectivity index (χ2n) is 3.32. The fourth-order valence-corrected chi connectivity index (χ4v) is 1.54. The standard InChI is InChI=1S/C11H10Cl2F2O/c12-4-2-1-3-10(16)7-5-8(14)11(13)9(15)6-7/h5-6H,1-4H2. The van der Waals surface area contributed by atoms with Crippen LogP contribution in [0.25, 0.3) is 0 Å². The third-order valence-corrected chi connectivity index (χ3v) is 2.72. The smallest absolute Gasteiger partial charge is 0.163 e. The molecule has 5 heteroatoms. The van der Waals surface area contributed by atoms with Gasteiger partial charge in [0.15, 0.2) is 5.78 Å². The predicted molar refractivity (Wildman–Crippen MR) is 60.3 cm³/mol. The van der Waals surface area contributed by atoms with E-state index in [1.165, 1.54) is 0 Å². The number of carbonyl (C=O) groups is 1. The maximum Gasteiger partial charge on any atom is 0.163 e. The molecule has 0 aliphatic carbocycles. The fraction of sp³-hybridized carbons (Fsp3) is 0.364. The van der Waals surface area contributed by atoms with E-state index < -0.39 is 16.7 Å². The second-order valence-corrected chi connectivity index (χ2v) is 4.08. The molecule has 0 saturated carbocycles. The Bertz CT molecular complexity index is 371. The Morgan fingerprint density at radius 1 is 1.19 bits per heavy atom. The quantitative estimate of drug-likeness (QED) is 0.338. The Labute approximate surface area is 102 Å². The van der Waals surface area contributed by atoms with Gasteiger partial charge in [0.05, 0.1) is 0 Å². The number of hydrogen-bond donors (Lipinski definition) is 0. The Balaban J connectivity index is 2.76. The SMILES string of the molecule is O=C(CCCCCl)c1cc(F)c(Cl)c(F)c1. The van der Waals surface area contributed by atoms with Crippen LogP contribution < -0.4 is 0 Å². The summed E-state index contributed by atoms with van der Waals surface area (Å²) in [5.74, 6) is -1.67. The molecule has 0 N–H and O–H groups in total. The first-order valence-corrected chi connectivity index (χ1v) is 5.71. The maximum absolute atomic E-state index is 13.0. The van der Waals surface area contributed by atoms with Crippen molar-refractivity contribution in [1.29, 1.82) is 0 Å². The van der Waals surface area contributed by atoms with Gasteiger partial charge < -0.3 is 0 Å². The van der Waals surface area contributed by atoms with Crippen molar-refractivity contribution in [2.75, 3.05) is 5.88 Å². The molecular formula is C11H10Cl2F2O. The summed E-state index contributed by atoms with van der Waals surface area (Å²) in [4.78, 5) is 11.5. The number of hydrogen-bond acceptors (Lipinski definition) is 1. The largest absolute Gasteiger partial charge is 0.294 e. The first kappa shape index (κ1) is 13.4. The minimum absolute atomic E-state index is 0.00831. The molecule has 0 saturated heterocycles. The summed E-state index contributed by atoms with van der Waals surface area (Å²) < 4.78 is 26.1. The lowest BCUT2D eigenvalue weighted by molar-refractivity contribution is 0.0979. The molecule has 0 aliphatic rings. The Morgan fingerprint density at radius 2 is 1.75 bits per heavy atom. The molecule has 0 fully saturated rings. The summed E-state index contributed by atoms with van der Waals surface area (Å²) in [5, 5.41) is -0.586. The van der Waals surface area contributed by atoms with Crippen LogP contribution in [0.5, 0.6) is 0 Å². The van der Waals surface area contributed by atoms with Crippen molar-refractivity contribution in [2.45, 2.75) is 19.3 Å². The van der Waals surface area contributed by atoms with Crippen LogP contribution in [0.1, 0.15) is 29.6 Å². The number of Topliss-reactive ketones (excluding diaryl/α,β-unsaturated/α-hetero) is 1. The van der Waals surface area contributed by atoms with Crippen LogP contribution in [0.15, 0.2) is 12.1 Å². The maximum atomic E-state index is 13.0. The summed E-state index contributed by atoms with van der Waals surface area (Å²) in [6, 6.07) is 1.91. The van der Waals surface area contributed by atoms with E-state index in [1.54, 1.807) is 0 Å². The van der Waals surface area contributed by atoms with Gasteiger partial charge in [0, 0.05) is 17.9 Å². The van der Waals surface area contributed by atoms with Crippen molar-refractivity contribution in [3.63, 3.8) is 0 Å². The lowest BCUT2D eigenvalue weighted by Gasteiger charge is -2.03. The molecule has 88 valence electrons. The number of alkyl halides is 1. The van der Waals surface area contributed by atoms with Gasteiger partial charge in [-0.05, 0) is 25.0 Å². The first-order valence-electron chi connectivity index (χ1n) is 4.80. The molecule has 0 atom stereocenters. The highest BCUT2D eigenvalue weighted by molar-refractivity contribution is 6.31. The van der Waals surface area contributed by atoms with Gasteiger partial charge in [0.2, 0.25) is 0 Å². The molecule has 1 nitrogen and oxygen atoms in total. The topological polar surface area (TPSA) is 17.1 Å². The summed E-state index contributed by atoms with van der Waals surface area (Å²) >= 11 is 10.8. The first-order chi connectivity index (χ1) is 7.56. The van der Waals surface area contributed by atoms with Crippen LogP contribution >= 0.6 is 23.2 Å². The van der Waals surface area contributed by atoms with Crippen molar-refractivity contribution in [3.8, 4) is 0 Å². The molecule has 1 aromatic carbocycles. The highest BCUT2D eigenvalue weighted by atomic mass is 35.5. The highest BCUT2D eigenvalue weighted by Crippen LogP contribution is 2.21. The third-order valence-electron chi connectivity index (χ3n) is 2.09. The van der Waals surface area contributed by atoms with E-state index >= 15 is 0 Å². The van der Waals surface area contributed by atoms with E-state index in [2.05, 4.69) is 0 Å². The second kappa shape index (κ2) is 6.16. The summed E-state index contributed by atoms with van der Waals surface area (Å²) in [5.41, 5.74) is 0.00831. The number of carbonyl (C=O) groups excluding carboxylic acids is 1. The van der Waals surface area contributed by atoms with Gasteiger partial charge in [-0.2, -0.15) is 0 Å². The normalized spacial score (nSPS) is 10.5. The van der Waals surface area contributed by atoms with Crippen LogP contribution in [-0.4, -0.2) is 11.7 Å². The van der Waals surface area contributed by atoms with E-state index in [-0.39, 0.29) is 17.8 Å². The highest BCUT2D eigenvalue weighted by Gasteiger charge is 2.13. The summed E-state index contributed by atoms with van der Waals surface area (Å²) in [6.07, 6.45) is 1.53. The van der Waals surface area contributed by atoms with Crippen molar-refractivity contribution < 1.29 is 13.6 Å². The van der Waals surface area contributed by atoms with Crippen molar-refractivity contribution in [2.24, 2.45) is 0 Å². The number of halogens is 4. The number of benzene rings is 1. The fourth-order valence-electron chi connectivity index (χ4n) is 1.24. The molecule has 1 rings (SSSR count). The van der Waals surface area contributed by atoms with E-state index in [0.717, 1.165) is 12.1 Å². The number of rotatable bonds is 5. The molecule has 0 bridgehead atoms. The summed E-state index contributed by atoms with van der Waals surface area (Å²) in [6.45, 7) is 0. The molecule has 0 amide bonds. The van der Waals surface area contributed by atoms with E-state index in [0.29, 0.717) is 18.7 Å². The van der Waals surface area contributed by atoms with Crippen molar-refractivity contribution in [1.82, 2.24) is 0 Å². The van der Waals surface area contributed by atoms with Gasteiger partial charge in [0.1, 0.15) is 16.7 Å². The molecule has 0 aliphatic heterocycles. The average molecular weight is 267 g/mol. The zero-order chi connectivity index (χ0) is 12.1. The number of unbranched alkanes of at least 4 members (excludes halogenated alkanes) is 1. The molecule has 0 spiro atoms. The van der Waals surface area contributed by atoms with Gasteiger partial charge in [-0.25, -0.2) is 8.78 Å². The van der Waals surface area contributed by atoms with E-state index in [4.69, 9.17) is 23.2 Å². The van der Waals surface area contributed by atoms with Gasteiger partial charge in [-0.1, -0.05) is 11.6 Å². The van der Waals surface area contributed by atoms with Gasteiger partial charge in [-0.3, -0.25) is 4.79 Å². The van der Waals surface area contributed by atoms with Gasteiger partial charge in [-0.15, -0.1) is 11.6 Å². The Morgan fingerprint density at radius 3 is 2.25 bits per heavy atom. The third kappa shape index (κ3) is 3.42. The monoisotopic (exact) mass is 266 g/mol. The lowest BCUT2D eigenvalue weighted by Crippen LogP contribution is -2.01. The van der Waals surface area contributed by atoms with Gasteiger partial charge >= 0.3 is 0 Å². The Kier molecular flexibility index (Phi) is 5.16. The molecular weight excluding hydrogens is 257 g/mol. The van der Waals surface area contributed by atoms with Crippen LogP contribution in [0, 0.1) is 11.6 Å². The van der Waals surface area contributed by atoms with Crippen LogP contribution in [0.2, 0.25) is 5.02 Å². The molecule has 0 heterocycles. The average Bonchev–Trinajstić information content (AvgIpc) is 2.25. The Hall–Kier alpha value is -0.670. The van der Waals surface area contributed by atoms with Crippen LogP contribution in [-0.2, 0) is 0 Å². The molecule has 0 aromatic heterocycles. The minimum Gasteiger partial charge on any atom is -0.294 e. The van der Waals surface area contributed by atoms with Crippen molar-refractivity contribution in [3.05, 3.63) is 34.4 Å². The van der Waals surface area contributed by atoms with Crippen LogP contribution in [0.3, 0.4) is 0 Å². The summed E-state index contributed by atoms with van der Waals surface area (Å²) in [7, 11) is 0. The molecule has 0 unspecified atom stereocenters. The number of ketones is 1. The zero-order valence-corrected chi connectivity index (χ0v) is 9.92. The van der Waals surface area contributed by atoms with Gasteiger partial charge in [0.25, 0.3) is 0 Å². The van der Waals surface area contributed by atoms with E-state index in [9.17, 15) is 13.6 Å². The van der Waals surface area contributed by atoms with E-state index in [1.807, 2.05) is 0 Å². The molecule has 0 radical (unpaired) electrons. The van der Waals surface area contributed by atoms with Crippen LogP contribution in [0.4, 0.5) is 8.78 Å². The predicted octanol–water partition coefficient (Wildman–Crippen LogP) is 4.21. The zero-order valence-electron chi connectivity index (χ0n) is 8.40.